The first-order chi connectivity index (χ1) is 13.7. The van der Waals surface area contributed by atoms with Crippen molar-refractivity contribution >= 4 is 35.9 Å². The van der Waals surface area contributed by atoms with Crippen LogP contribution in [0.15, 0.2) is 23.5 Å². The zero-order valence-corrected chi connectivity index (χ0v) is 20.6. The van der Waals surface area contributed by atoms with Gasteiger partial charge in [0.25, 0.3) is 0 Å². The summed E-state index contributed by atoms with van der Waals surface area (Å²) in [4.78, 5) is 20.3. The molecule has 1 aliphatic carbocycles. The van der Waals surface area contributed by atoms with Gasteiger partial charge < -0.3 is 15.1 Å². The fraction of sp³-hybridized carbons (Fsp3) is 0.762. The lowest BCUT2D eigenvalue weighted by atomic mass is 9.83. The second-order valence-electron chi connectivity index (χ2n) is 8.36. The van der Waals surface area contributed by atoms with Gasteiger partial charge in [0.05, 0.1) is 0 Å². The molecule has 0 amide bonds. The molecular formula is C21H38IN7. The number of nitrogens with zero attached hydrogens (tertiary/aromatic N) is 6. The van der Waals surface area contributed by atoms with Crippen LogP contribution in [0.3, 0.4) is 0 Å². The molecule has 0 spiro atoms. The molecule has 164 valence electrons. The van der Waals surface area contributed by atoms with Crippen LogP contribution in [0.5, 0.6) is 0 Å². The molecule has 2 fully saturated rings. The number of guanidine groups is 1. The second-order valence-corrected chi connectivity index (χ2v) is 8.36. The minimum atomic E-state index is 0. The highest BCUT2D eigenvalue weighted by molar-refractivity contribution is 14.0. The van der Waals surface area contributed by atoms with E-state index in [-0.39, 0.29) is 24.0 Å². The van der Waals surface area contributed by atoms with Crippen molar-refractivity contribution in [1.29, 1.82) is 0 Å². The Morgan fingerprint density at radius 2 is 1.79 bits per heavy atom. The van der Waals surface area contributed by atoms with Crippen molar-refractivity contribution in [3.05, 3.63) is 18.5 Å². The topological polar surface area (TPSA) is 59.9 Å². The van der Waals surface area contributed by atoms with Gasteiger partial charge in [-0.2, -0.15) is 0 Å². The molecular weight excluding hydrogens is 477 g/mol. The zero-order chi connectivity index (χ0) is 19.8. The quantitative estimate of drug-likeness (QED) is 0.357. The van der Waals surface area contributed by atoms with E-state index in [0.717, 1.165) is 69.6 Å². The molecule has 7 nitrogen and oxygen atoms in total. The van der Waals surface area contributed by atoms with E-state index >= 15 is 0 Å². The predicted octanol–water partition coefficient (Wildman–Crippen LogP) is 2.55. The number of hydrogen-bond donors (Lipinski definition) is 1. The standard InChI is InChI=1S/C21H37N7.HI/c1-18-5-7-19(8-6-18)17-26(3)20(22-2)25-11-12-27-13-15-28(16-14-27)21-23-9-4-10-24-21;/h4,9-10,18-19H,5-8,11-17H2,1-3H3,(H,22,25);1H. The van der Waals surface area contributed by atoms with E-state index < -0.39 is 0 Å². The lowest BCUT2D eigenvalue weighted by molar-refractivity contribution is 0.246. The van der Waals surface area contributed by atoms with Crippen molar-refractivity contribution in [2.24, 2.45) is 16.8 Å². The summed E-state index contributed by atoms with van der Waals surface area (Å²) in [5, 5.41) is 3.55. The van der Waals surface area contributed by atoms with Gasteiger partial charge in [0.1, 0.15) is 0 Å². The van der Waals surface area contributed by atoms with Crippen LogP contribution in [0.1, 0.15) is 32.6 Å². The Morgan fingerprint density at radius 1 is 1.14 bits per heavy atom. The Kier molecular flexibility index (Phi) is 10.4. The Labute approximate surface area is 193 Å². The molecule has 0 bridgehead atoms. The maximum absolute atomic E-state index is 4.49. The SMILES string of the molecule is CN=C(NCCN1CCN(c2ncccn2)CC1)N(C)CC1CCC(C)CC1.I. The van der Waals surface area contributed by atoms with Gasteiger partial charge in [0, 0.05) is 72.3 Å². The van der Waals surface area contributed by atoms with E-state index in [4.69, 9.17) is 0 Å². The van der Waals surface area contributed by atoms with Crippen molar-refractivity contribution < 1.29 is 0 Å². The summed E-state index contributed by atoms with van der Waals surface area (Å²) in [5.41, 5.74) is 0. The Balaban J connectivity index is 0.00000300. The normalized spacial score (nSPS) is 23.4. The molecule has 2 aliphatic rings. The van der Waals surface area contributed by atoms with E-state index in [9.17, 15) is 0 Å². The third kappa shape index (κ3) is 7.55. The molecule has 0 aromatic carbocycles. The van der Waals surface area contributed by atoms with Gasteiger partial charge in [-0.25, -0.2) is 9.97 Å². The summed E-state index contributed by atoms with van der Waals surface area (Å²) in [6.45, 7) is 9.54. The average Bonchev–Trinajstić information content (AvgIpc) is 2.74. The Bertz CT molecular complexity index is 596. The zero-order valence-electron chi connectivity index (χ0n) is 18.3. The van der Waals surface area contributed by atoms with Crippen LogP contribution in [0.25, 0.3) is 0 Å². The van der Waals surface area contributed by atoms with E-state index in [0.29, 0.717) is 0 Å². The summed E-state index contributed by atoms with van der Waals surface area (Å²) in [5.74, 6) is 3.59. The van der Waals surface area contributed by atoms with Gasteiger partial charge in [-0.05, 0) is 30.7 Å². The van der Waals surface area contributed by atoms with Gasteiger partial charge in [-0.1, -0.05) is 19.8 Å². The molecule has 1 saturated heterocycles. The summed E-state index contributed by atoms with van der Waals surface area (Å²) >= 11 is 0. The van der Waals surface area contributed by atoms with Crippen LogP contribution < -0.4 is 10.2 Å². The maximum atomic E-state index is 4.49. The number of aromatic nitrogens is 2. The third-order valence-electron chi connectivity index (χ3n) is 6.16. The van der Waals surface area contributed by atoms with Gasteiger partial charge in [-0.3, -0.25) is 9.89 Å². The van der Waals surface area contributed by atoms with Crippen LogP contribution in [0, 0.1) is 11.8 Å². The number of aliphatic imine (C=N–C) groups is 1. The van der Waals surface area contributed by atoms with Crippen LogP contribution in [0.4, 0.5) is 5.95 Å². The summed E-state index contributed by atoms with van der Waals surface area (Å²) in [6, 6.07) is 1.87. The molecule has 1 aliphatic heterocycles. The maximum Gasteiger partial charge on any atom is 0.225 e. The molecule has 0 radical (unpaired) electrons. The second kappa shape index (κ2) is 12.5. The van der Waals surface area contributed by atoms with Gasteiger partial charge in [0.2, 0.25) is 5.95 Å². The van der Waals surface area contributed by atoms with Crippen molar-refractivity contribution in [3.63, 3.8) is 0 Å². The van der Waals surface area contributed by atoms with Crippen LogP contribution in [0.2, 0.25) is 0 Å². The highest BCUT2D eigenvalue weighted by Crippen LogP contribution is 2.28. The summed E-state index contributed by atoms with van der Waals surface area (Å²) in [6.07, 6.45) is 9.11. The van der Waals surface area contributed by atoms with E-state index in [1.54, 1.807) is 0 Å². The van der Waals surface area contributed by atoms with Gasteiger partial charge >= 0.3 is 0 Å². The molecule has 1 aromatic heterocycles. The summed E-state index contributed by atoms with van der Waals surface area (Å²) in [7, 11) is 4.06. The fourth-order valence-corrected chi connectivity index (χ4v) is 4.32. The molecule has 1 saturated carbocycles. The number of nitrogens with one attached hydrogen (secondary N) is 1. The van der Waals surface area contributed by atoms with Gasteiger partial charge in [0.15, 0.2) is 5.96 Å². The molecule has 2 heterocycles. The van der Waals surface area contributed by atoms with Crippen molar-refractivity contribution in [2.45, 2.75) is 32.6 Å². The minimum absolute atomic E-state index is 0. The lowest BCUT2D eigenvalue weighted by Gasteiger charge is -2.35. The average molecular weight is 515 g/mol. The first-order valence-corrected chi connectivity index (χ1v) is 10.8. The number of halogens is 1. The van der Waals surface area contributed by atoms with E-state index in [2.05, 4.69) is 48.9 Å². The first kappa shape index (κ1) is 24.1. The monoisotopic (exact) mass is 515 g/mol. The lowest BCUT2D eigenvalue weighted by Crippen LogP contribution is -2.50. The van der Waals surface area contributed by atoms with E-state index in [1.165, 1.54) is 25.7 Å². The number of piperazine rings is 1. The predicted molar refractivity (Wildman–Crippen MR) is 131 cm³/mol. The molecule has 0 atom stereocenters. The Morgan fingerprint density at radius 3 is 2.41 bits per heavy atom. The van der Waals surface area contributed by atoms with Crippen molar-refractivity contribution in [1.82, 2.24) is 25.1 Å². The number of rotatable bonds is 6. The van der Waals surface area contributed by atoms with E-state index in [1.807, 2.05) is 25.5 Å². The summed E-state index contributed by atoms with van der Waals surface area (Å²) < 4.78 is 0. The first-order valence-electron chi connectivity index (χ1n) is 10.8. The highest BCUT2D eigenvalue weighted by atomic mass is 127. The number of hydrogen-bond acceptors (Lipinski definition) is 5. The molecule has 3 rings (SSSR count). The largest absolute Gasteiger partial charge is 0.355 e. The van der Waals surface area contributed by atoms with Gasteiger partial charge in [-0.15, -0.1) is 24.0 Å². The van der Waals surface area contributed by atoms with Crippen molar-refractivity contribution in [2.75, 3.05) is 64.8 Å². The third-order valence-corrected chi connectivity index (χ3v) is 6.16. The van der Waals surface area contributed by atoms with Crippen LogP contribution in [-0.2, 0) is 0 Å². The van der Waals surface area contributed by atoms with Crippen molar-refractivity contribution in [3.8, 4) is 0 Å². The Hall–Kier alpha value is -1.16. The molecule has 1 N–H and O–H groups in total. The molecule has 1 aromatic rings. The van der Waals surface area contributed by atoms with Crippen LogP contribution in [-0.4, -0.2) is 85.6 Å². The van der Waals surface area contributed by atoms with Crippen LogP contribution >= 0.6 is 24.0 Å². The number of anilines is 1. The molecule has 8 heteroatoms. The fourth-order valence-electron chi connectivity index (χ4n) is 4.32. The molecule has 0 unspecified atom stereocenters. The highest BCUT2D eigenvalue weighted by Gasteiger charge is 2.21. The minimum Gasteiger partial charge on any atom is -0.355 e. The molecule has 29 heavy (non-hydrogen) atoms. The smallest absolute Gasteiger partial charge is 0.225 e.